The molecule has 21 heavy (non-hydrogen) atoms. The molecule has 0 unspecified atom stereocenters. The zero-order valence-electron chi connectivity index (χ0n) is 12.6. The summed E-state index contributed by atoms with van der Waals surface area (Å²) in [7, 11) is 0. The van der Waals surface area contributed by atoms with Crippen LogP contribution in [0.4, 0.5) is 16.2 Å². The fraction of sp³-hybridized carbons (Fsp3) is 0.333. The minimum absolute atomic E-state index is 0.490. The van der Waals surface area contributed by atoms with Gasteiger partial charge in [0, 0.05) is 6.20 Å². The number of amides is 1. The SMILES string of the molecule is Cc1ncc(-c2ccc(NC(=O)OC(C)(C)C)c(N)c2)s1. The molecule has 0 saturated heterocycles. The maximum absolute atomic E-state index is 11.7. The number of carbonyl (C=O) groups is 1. The van der Waals surface area contributed by atoms with Crippen molar-refractivity contribution in [2.45, 2.75) is 33.3 Å². The number of nitrogens with two attached hydrogens (primary N) is 1. The molecule has 1 amide bonds. The summed E-state index contributed by atoms with van der Waals surface area (Å²) in [5.74, 6) is 0. The Bertz CT molecular complexity index is 659. The zero-order valence-corrected chi connectivity index (χ0v) is 13.4. The molecular weight excluding hydrogens is 286 g/mol. The monoisotopic (exact) mass is 305 g/mol. The maximum atomic E-state index is 11.7. The second kappa shape index (κ2) is 5.73. The predicted molar refractivity (Wildman–Crippen MR) is 86.6 cm³/mol. The van der Waals surface area contributed by atoms with Gasteiger partial charge in [0.05, 0.1) is 21.3 Å². The molecule has 1 aromatic heterocycles. The number of anilines is 2. The molecule has 1 aromatic carbocycles. The van der Waals surface area contributed by atoms with E-state index in [0.29, 0.717) is 11.4 Å². The normalized spacial score (nSPS) is 11.2. The van der Waals surface area contributed by atoms with Gasteiger partial charge in [0.1, 0.15) is 5.60 Å². The number of aromatic nitrogens is 1. The Morgan fingerprint density at radius 1 is 1.38 bits per heavy atom. The molecule has 0 bridgehead atoms. The van der Waals surface area contributed by atoms with Gasteiger partial charge in [-0.3, -0.25) is 5.32 Å². The Labute approximate surface area is 128 Å². The van der Waals surface area contributed by atoms with Gasteiger partial charge in [-0.05, 0) is 45.4 Å². The lowest BCUT2D eigenvalue weighted by molar-refractivity contribution is 0.0636. The third-order valence-corrected chi connectivity index (χ3v) is 3.55. The van der Waals surface area contributed by atoms with Gasteiger partial charge >= 0.3 is 6.09 Å². The summed E-state index contributed by atoms with van der Waals surface area (Å²) in [5, 5.41) is 3.65. The largest absolute Gasteiger partial charge is 0.444 e. The lowest BCUT2D eigenvalue weighted by Crippen LogP contribution is -2.27. The first-order chi connectivity index (χ1) is 9.74. The van der Waals surface area contributed by atoms with Gasteiger partial charge in [-0.15, -0.1) is 11.3 Å². The summed E-state index contributed by atoms with van der Waals surface area (Å²) < 4.78 is 5.20. The van der Waals surface area contributed by atoms with E-state index in [9.17, 15) is 4.79 Å². The van der Waals surface area contributed by atoms with Crippen LogP contribution in [0, 0.1) is 6.92 Å². The van der Waals surface area contributed by atoms with Crippen LogP contribution in [-0.2, 0) is 4.74 Å². The van der Waals surface area contributed by atoms with Crippen molar-refractivity contribution in [2.75, 3.05) is 11.1 Å². The zero-order chi connectivity index (χ0) is 15.6. The summed E-state index contributed by atoms with van der Waals surface area (Å²) in [6.07, 6.45) is 1.30. The van der Waals surface area contributed by atoms with E-state index in [1.165, 1.54) is 0 Å². The molecule has 112 valence electrons. The standard InChI is InChI=1S/C15H19N3O2S/c1-9-17-8-13(21-9)10-5-6-12(11(16)7-10)18-14(19)20-15(2,3)4/h5-8H,16H2,1-4H3,(H,18,19). The second-order valence-corrected chi connectivity index (χ2v) is 6.91. The van der Waals surface area contributed by atoms with E-state index in [0.717, 1.165) is 15.4 Å². The van der Waals surface area contributed by atoms with Gasteiger partial charge in [0.2, 0.25) is 0 Å². The van der Waals surface area contributed by atoms with Crippen LogP contribution < -0.4 is 11.1 Å². The quantitative estimate of drug-likeness (QED) is 0.821. The van der Waals surface area contributed by atoms with Crippen LogP contribution >= 0.6 is 11.3 Å². The molecule has 0 fully saturated rings. The van der Waals surface area contributed by atoms with Crippen LogP contribution in [0.5, 0.6) is 0 Å². The van der Waals surface area contributed by atoms with Crippen LogP contribution in [0.25, 0.3) is 10.4 Å². The molecule has 5 nitrogen and oxygen atoms in total. The summed E-state index contributed by atoms with van der Waals surface area (Å²) in [6, 6.07) is 5.49. The molecule has 0 aliphatic rings. The topological polar surface area (TPSA) is 77.2 Å². The molecule has 0 saturated carbocycles. The minimum atomic E-state index is -0.543. The van der Waals surface area contributed by atoms with Crippen molar-refractivity contribution in [2.24, 2.45) is 0 Å². The molecule has 0 atom stereocenters. The van der Waals surface area contributed by atoms with Gasteiger partial charge in [-0.25, -0.2) is 9.78 Å². The molecule has 0 aliphatic carbocycles. The first-order valence-electron chi connectivity index (χ1n) is 6.57. The number of hydrogen-bond donors (Lipinski definition) is 2. The fourth-order valence-corrected chi connectivity index (χ4v) is 2.51. The van der Waals surface area contributed by atoms with Crippen LogP contribution in [0.3, 0.4) is 0 Å². The van der Waals surface area contributed by atoms with E-state index in [2.05, 4.69) is 10.3 Å². The number of aryl methyl sites for hydroxylation is 1. The summed E-state index contributed by atoms with van der Waals surface area (Å²) in [5.41, 5.74) is 7.45. The third kappa shape index (κ3) is 4.19. The van der Waals surface area contributed by atoms with Crippen LogP contribution in [-0.4, -0.2) is 16.7 Å². The third-order valence-electron chi connectivity index (χ3n) is 2.59. The molecule has 2 aromatic rings. The van der Waals surface area contributed by atoms with E-state index in [-0.39, 0.29) is 0 Å². The fourth-order valence-electron chi connectivity index (χ4n) is 1.74. The van der Waals surface area contributed by atoms with Crippen molar-refractivity contribution in [1.29, 1.82) is 0 Å². The van der Waals surface area contributed by atoms with Crippen molar-refractivity contribution in [3.8, 4) is 10.4 Å². The first kappa shape index (κ1) is 15.3. The number of thiazole rings is 1. The van der Waals surface area contributed by atoms with Gasteiger partial charge in [-0.1, -0.05) is 6.07 Å². The van der Waals surface area contributed by atoms with E-state index in [1.807, 2.05) is 46.0 Å². The Balaban J connectivity index is 2.15. The number of nitrogen functional groups attached to an aromatic ring is 1. The van der Waals surface area contributed by atoms with Crippen molar-refractivity contribution >= 4 is 28.8 Å². The number of ether oxygens (including phenoxy) is 1. The Kier molecular flexibility index (Phi) is 4.18. The van der Waals surface area contributed by atoms with Crippen LogP contribution in [0.15, 0.2) is 24.4 Å². The van der Waals surface area contributed by atoms with E-state index in [1.54, 1.807) is 17.4 Å². The maximum Gasteiger partial charge on any atom is 0.412 e. The average molecular weight is 305 g/mol. The van der Waals surface area contributed by atoms with Crippen molar-refractivity contribution < 1.29 is 9.53 Å². The van der Waals surface area contributed by atoms with E-state index < -0.39 is 11.7 Å². The van der Waals surface area contributed by atoms with Crippen molar-refractivity contribution in [3.63, 3.8) is 0 Å². The molecule has 6 heteroatoms. The highest BCUT2D eigenvalue weighted by atomic mass is 32.1. The van der Waals surface area contributed by atoms with Gasteiger partial charge in [0.15, 0.2) is 0 Å². The lowest BCUT2D eigenvalue weighted by atomic mass is 10.1. The molecule has 3 N–H and O–H groups in total. The number of nitrogens with zero attached hydrogens (tertiary/aromatic N) is 1. The minimum Gasteiger partial charge on any atom is -0.444 e. The number of carbonyl (C=O) groups excluding carboxylic acids is 1. The van der Waals surface area contributed by atoms with Gasteiger partial charge in [0.25, 0.3) is 0 Å². The summed E-state index contributed by atoms with van der Waals surface area (Å²) in [6.45, 7) is 7.39. The number of rotatable bonds is 2. The van der Waals surface area contributed by atoms with Gasteiger partial charge in [-0.2, -0.15) is 0 Å². The Hall–Kier alpha value is -2.08. The molecule has 0 spiro atoms. The molecule has 0 aliphatic heterocycles. The molecular formula is C15H19N3O2S. The summed E-state index contributed by atoms with van der Waals surface area (Å²) in [4.78, 5) is 17.0. The number of benzene rings is 1. The van der Waals surface area contributed by atoms with E-state index in [4.69, 9.17) is 10.5 Å². The lowest BCUT2D eigenvalue weighted by Gasteiger charge is -2.20. The highest BCUT2D eigenvalue weighted by Gasteiger charge is 2.17. The predicted octanol–water partition coefficient (Wildman–Crippen LogP) is 4.05. The highest BCUT2D eigenvalue weighted by molar-refractivity contribution is 7.15. The van der Waals surface area contributed by atoms with Crippen LogP contribution in [0.1, 0.15) is 25.8 Å². The highest BCUT2D eigenvalue weighted by Crippen LogP contribution is 2.30. The van der Waals surface area contributed by atoms with Gasteiger partial charge < -0.3 is 10.5 Å². The molecule has 1 heterocycles. The molecule has 2 rings (SSSR count). The van der Waals surface area contributed by atoms with Crippen LogP contribution in [0.2, 0.25) is 0 Å². The smallest absolute Gasteiger partial charge is 0.412 e. The Morgan fingerprint density at radius 2 is 2.10 bits per heavy atom. The average Bonchev–Trinajstić information content (AvgIpc) is 2.76. The molecule has 0 radical (unpaired) electrons. The number of nitrogens with one attached hydrogen (secondary N) is 1. The second-order valence-electron chi connectivity index (χ2n) is 5.67. The Morgan fingerprint density at radius 3 is 2.62 bits per heavy atom. The first-order valence-corrected chi connectivity index (χ1v) is 7.38. The van der Waals surface area contributed by atoms with Crippen molar-refractivity contribution in [3.05, 3.63) is 29.4 Å². The van der Waals surface area contributed by atoms with E-state index >= 15 is 0 Å². The number of hydrogen-bond acceptors (Lipinski definition) is 5. The summed E-state index contributed by atoms with van der Waals surface area (Å²) >= 11 is 1.60. The van der Waals surface area contributed by atoms with Crippen molar-refractivity contribution in [1.82, 2.24) is 4.98 Å².